The molecular weight excluding hydrogens is 262 g/mol. The fourth-order valence-electron chi connectivity index (χ4n) is 2.30. The van der Waals surface area contributed by atoms with Gasteiger partial charge in [-0.25, -0.2) is 0 Å². The van der Waals surface area contributed by atoms with Crippen LogP contribution in [0.1, 0.15) is 18.4 Å². The number of alkyl halides is 1. The Morgan fingerprint density at radius 3 is 2.44 bits per heavy atom. The second-order valence-corrected chi connectivity index (χ2v) is 5.32. The first-order valence-corrected chi connectivity index (χ1v) is 7.33. The topological polar surface area (TPSA) is 3.24 Å². The number of benzene rings is 1. The fraction of sp³-hybridized carbons (Fsp3) is 0.571. The van der Waals surface area contributed by atoms with Gasteiger partial charge < -0.3 is 4.90 Å². The summed E-state index contributed by atoms with van der Waals surface area (Å²) in [5, 5.41) is 1.18. The lowest BCUT2D eigenvalue weighted by atomic mass is 9.99. The molecule has 88 valence electrons. The molecule has 1 nitrogen and oxygen atoms in total. The predicted octanol–water partition coefficient (Wildman–Crippen LogP) is 3.34. The molecule has 1 fully saturated rings. The van der Waals surface area contributed by atoms with Crippen molar-refractivity contribution >= 4 is 15.9 Å². The van der Waals surface area contributed by atoms with Crippen molar-refractivity contribution in [1.82, 2.24) is 4.90 Å². The molecule has 16 heavy (non-hydrogen) atoms. The van der Waals surface area contributed by atoms with Gasteiger partial charge in [-0.05, 0) is 43.8 Å². The van der Waals surface area contributed by atoms with Crippen molar-refractivity contribution in [2.75, 3.05) is 25.0 Å². The molecule has 0 amide bonds. The normalized spacial score (nSPS) is 18.8. The second kappa shape index (κ2) is 6.41. The predicted molar refractivity (Wildman–Crippen MR) is 73.1 cm³/mol. The van der Waals surface area contributed by atoms with E-state index in [9.17, 15) is 0 Å². The first kappa shape index (κ1) is 12.1. The third-order valence-corrected chi connectivity index (χ3v) is 4.40. The Kier molecular flexibility index (Phi) is 4.86. The van der Waals surface area contributed by atoms with E-state index in [0.717, 1.165) is 5.92 Å². The summed E-state index contributed by atoms with van der Waals surface area (Å²) in [7, 11) is 0. The quantitative estimate of drug-likeness (QED) is 0.766. The Labute approximate surface area is 107 Å². The lowest BCUT2D eigenvalue weighted by Crippen LogP contribution is -2.35. The smallest absolute Gasteiger partial charge is 0.00606 e. The molecule has 1 aromatic rings. The molecule has 0 aliphatic carbocycles. The molecule has 2 heteroatoms. The number of likely N-dealkylation sites (tertiary alicyclic amines) is 1. The van der Waals surface area contributed by atoms with Crippen molar-refractivity contribution in [3.05, 3.63) is 35.9 Å². The maximum atomic E-state index is 3.59. The first-order valence-electron chi connectivity index (χ1n) is 6.20. The van der Waals surface area contributed by atoms with Crippen LogP contribution in [0.25, 0.3) is 0 Å². The standard InChI is InChI=1S/C14H20BrN/c15-12-14-7-10-16(11-8-14)9-6-13-4-2-1-3-5-13/h1-5,14H,6-12H2. The summed E-state index contributed by atoms with van der Waals surface area (Å²) in [6.07, 6.45) is 3.92. The van der Waals surface area contributed by atoms with Gasteiger partial charge in [-0.1, -0.05) is 46.3 Å². The summed E-state index contributed by atoms with van der Waals surface area (Å²) in [6.45, 7) is 3.78. The third-order valence-electron chi connectivity index (χ3n) is 3.48. The van der Waals surface area contributed by atoms with Gasteiger partial charge in [0.05, 0.1) is 0 Å². The van der Waals surface area contributed by atoms with E-state index in [1.54, 1.807) is 0 Å². The third kappa shape index (κ3) is 3.60. The maximum absolute atomic E-state index is 3.59. The van der Waals surface area contributed by atoms with Crippen LogP contribution in [0.15, 0.2) is 30.3 Å². The summed E-state index contributed by atoms with van der Waals surface area (Å²) in [6, 6.07) is 10.8. The van der Waals surface area contributed by atoms with Crippen molar-refractivity contribution in [2.45, 2.75) is 19.3 Å². The number of hydrogen-bond donors (Lipinski definition) is 0. The minimum absolute atomic E-state index is 0.910. The van der Waals surface area contributed by atoms with Crippen molar-refractivity contribution in [3.63, 3.8) is 0 Å². The molecule has 1 aromatic carbocycles. The highest BCUT2D eigenvalue weighted by Gasteiger charge is 2.17. The molecule has 0 saturated carbocycles. The highest BCUT2D eigenvalue weighted by atomic mass is 79.9. The highest BCUT2D eigenvalue weighted by molar-refractivity contribution is 9.09. The molecule has 0 spiro atoms. The molecule has 0 atom stereocenters. The lowest BCUT2D eigenvalue weighted by Gasteiger charge is -2.31. The van der Waals surface area contributed by atoms with E-state index >= 15 is 0 Å². The summed E-state index contributed by atoms with van der Waals surface area (Å²) in [4.78, 5) is 2.60. The molecule has 2 rings (SSSR count). The van der Waals surface area contributed by atoms with Crippen LogP contribution in [0.5, 0.6) is 0 Å². The van der Waals surface area contributed by atoms with Gasteiger partial charge in [0.2, 0.25) is 0 Å². The SMILES string of the molecule is BrCC1CCN(CCc2ccccc2)CC1. The van der Waals surface area contributed by atoms with Crippen molar-refractivity contribution in [2.24, 2.45) is 5.92 Å². The molecule has 0 aromatic heterocycles. The number of rotatable bonds is 4. The van der Waals surface area contributed by atoms with Gasteiger partial charge in [-0.2, -0.15) is 0 Å². The van der Waals surface area contributed by atoms with Gasteiger partial charge in [0.25, 0.3) is 0 Å². The average molecular weight is 282 g/mol. The second-order valence-electron chi connectivity index (χ2n) is 4.67. The lowest BCUT2D eigenvalue weighted by molar-refractivity contribution is 0.197. The van der Waals surface area contributed by atoms with Gasteiger partial charge in [0.15, 0.2) is 0 Å². The summed E-state index contributed by atoms with van der Waals surface area (Å²) >= 11 is 3.59. The van der Waals surface area contributed by atoms with Gasteiger partial charge in [-0.15, -0.1) is 0 Å². The van der Waals surface area contributed by atoms with E-state index < -0.39 is 0 Å². The minimum Gasteiger partial charge on any atom is -0.303 e. The average Bonchev–Trinajstić information content (AvgIpc) is 2.38. The van der Waals surface area contributed by atoms with Gasteiger partial charge in [0.1, 0.15) is 0 Å². The van der Waals surface area contributed by atoms with Crippen LogP contribution in [-0.4, -0.2) is 29.9 Å². The van der Waals surface area contributed by atoms with E-state index in [1.165, 1.54) is 49.8 Å². The van der Waals surface area contributed by atoms with E-state index in [2.05, 4.69) is 51.2 Å². The first-order chi connectivity index (χ1) is 7.88. The highest BCUT2D eigenvalue weighted by Crippen LogP contribution is 2.19. The molecule has 1 saturated heterocycles. The van der Waals surface area contributed by atoms with Crippen molar-refractivity contribution < 1.29 is 0 Å². The minimum atomic E-state index is 0.910. The maximum Gasteiger partial charge on any atom is 0.00606 e. The van der Waals surface area contributed by atoms with Crippen LogP contribution in [0, 0.1) is 5.92 Å². The monoisotopic (exact) mass is 281 g/mol. The van der Waals surface area contributed by atoms with E-state index in [4.69, 9.17) is 0 Å². The van der Waals surface area contributed by atoms with Crippen molar-refractivity contribution in [1.29, 1.82) is 0 Å². The summed E-state index contributed by atoms with van der Waals surface area (Å²) in [5.41, 5.74) is 1.46. The van der Waals surface area contributed by atoms with E-state index in [0.29, 0.717) is 0 Å². The van der Waals surface area contributed by atoms with Crippen LogP contribution in [0.4, 0.5) is 0 Å². The van der Waals surface area contributed by atoms with Crippen LogP contribution in [-0.2, 0) is 6.42 Å². The zero-order valence-corrected chi connectivity index (χ0v) is 11.3. The Balaban J connectivity index is 1.72. The van der Waals surface area contributed by atoms with Gasteiger partial charge >= 0.3 is 0 Å². The fourth-order valence-corrected chi connectivity index (χ4v) is 2.94. The number of hydrogen-bond acceptors (Lipinski definition) is 1. The van der Waals surface area contributed by atoms with Crippen molar-refractivity contribution in [3.8, 4) is 0 Å². The number of halogens is 1. The molecule has 1 aliphatic rings. The number of piperidine rings is 1. The molecular formula is C14H20BrN. The summed E-state index contributed by atoms with van der Waals surface area (Å²) < 4.78 is 0. The number of nitrogens with zero attached hydrogens (tertiary/aromatic N) is 1. The van der Waals surface area contributed by atoms with Crippen LogP contribution in [0.2, 0.25) is 0 Å². The Morgan fingerprint density at radius 2 is 1.81 bits per heavy atom. The largest absolute Gasteiger partial charge is 0.303 e. The van der Waals surface area contributed by atoms with E-state index in [-0.39, 0.29) is 0 Å². The molecule has 1 heterocycles. The molecule has 0 unspecified atom stereocenters. The Hall–Kier alpha value is -0.340. The molecule has 0 N–H and O–H groups in total. The van der Waals surface area contributed by atoms with Crippen LogP contribution in [0.3, 0.4) is 0 Å². The molecule has 1 aliphatic heterocycles. The van der Waals surface area contributed by atoms with Crippen LogP contribution >= 0.6 is 15.9 Å². The zero-order chi connectivity index (χ0) is 11.2. The Bertz CT molecular complexity index is 291. The van der Waals surface area contributed by atoms with E-state index in [1.807, 2.05) is 0 Å². The summed E-state index contributed by atoms with van der Waals surface area (Å²) in [5.74, 6) is 0.910. The molecule has 0 radical (unpaired) electrons. The molecule has 0 bridgehead atoms. The van der Waals surface area contributed by atoms with Gasteiger partial charge in [-0.3, -0.25) is 0 Å². The van der Waals surface area contributed by atoms with Crippen LogP contribution < -0.4 is 0 Å². The van der Waals surface area contributed by atoms with Gasteiger partial charge in [0, 0.05) is 11.9 Å². The zero-order valence-electron chi connectivity index (χ0n) is 9.74. The Morgan fingerprint density at radius 1 is 1.12 bits per heavy atom.